The summed E-state index contributed by atoms with van der Waals surface area (Å²) in [6, 6.07) is 2.80. The van der Waals surface area contributed by atoms with E-state index in [2.05, 4.69) is 0 Å². The van der Waals surface area contributed by atoms with Gasteiger partial charge in [-0.2, -0.15) is 0 Å². The zero-order valence-electron chi connectivity index (χ0n) is 19.1. The zero-order valence-corrected chi connectivity index (χ0v) is 19.1. The molecular formula is C24H29N3O6. The van der Waals surface area contributed by atoms with E-state index in [1.807, 2.05) is 32.9 Å². The smallest absolute Gasteiger partial charge is 0.414 e. The van der Waals surface area contributed by atoms with Gasteiger partial charge in [-0.1, -0.05) is 12.1 Å². The molecule has 3 aliphatic heterocycles. The number of aldehydes is 1. The molecule has 0 aromatic heterocycles. The predicted molar refractivity (Wildman–Crippen MR) is 118 cm³/mol. The standard InChI is InChI=1S/C24H29N3O6/c1-23(2,3)33-22(31)26-10-8-24(9-11-26)14-32-19-16-13-27(18(20(25)29)5-4-12-28)21(30)15(16)6-7-17(19)24/h6-8,10,12,18H,4-5,9,11,13-14H2,1-3H3,(H2,25,29). The topological polar surface area (TPSA) is 119 Å². The van der Waals surface area contributed by atoms with Gasteiger partial charge in [0.15, 0.2) is 0 Å². The second-order valence-corrected chi connectivity index (χ2v) is 9.75. The van der Waals surface area contributed by atoms with Gasteiger partial charge in [0.2, 0.25) is 5.91 Å². The van der Waals surface area contributed by atoms with Crippen molar-refractivity contribution in [3.63, 3.8) is 0 Å². The van der Waals surface area contributed by atoms with Crippen LogP contribution >= 0.6 is 0 Å². The van der Waals surface area contributed by atoms with Crippen molar-refractivity contribution in [2.75, 3.05) is 13.2 Å². The van der Waals surface area contributed by atoms with Crippen molar-refractivity contribution >= 4 is 24.2 Å². The highest BCUT2D eigenvalue weighted by Crippen LogP contribution is 2.48. The lowest BCUT2D eigenvalue weighted by Gasteiger charge is -2.33. The van der Waals surface area contributed by atoms with Gasteiger partial charge in [-0.25, -0.2) is 4.79 Å². The fraction of sp³-hybridized carbons (Fsp3) is 0.500. The Morgan fingerprint density at radius 3 is 2.70 bits per heavy atom. The molecule has 1 spiro atoms. The summed E-state index contributed by atoms with van der Waals surface area (Å²) in [5.41, 5.74) is 6.72. The quantitative estimate of drug-likeness (QED) is 0.680. The van der Waals surface area contributed by atoms with E-state index in [9.17, 15) is 19.2 Å². The van der Waals surface area contributed by atoms with E-state index >= 15 is 0 Å². The van der Waals surface area contributed by atoms with Crippen molar-refractivity contribution in [2.45, 2.75) is 63.6 Å². The molecule has 3 heterocycles. The first-order valence-corrected chi connectivity index (χ1v) is 11.1. The van der Waals surface area contributed by atoms with E-state index in [0.29, 0.717) is 37.2 Å². The van der Waals surface area contributed by atoms with E-state index < -0.39 is 29.1 Å². The summed E-state index contributed by atoms with van der Waals surface area (Å²) in [6.45, 7) is 6.56. The normalized spacial score (nSPS) is 22.1. The predicted octanol–water partition coefficient (Wildman–Crippen LogP) is 2.26. The lowest BCUT2D eigenvalue weighted by Crippen LogP contribution is -2.44. The highest BCUT2D eigenvalue weighted by Gasteiger charge is 2.46. The third-order valence-corrected chi connectivity index (χ3v) is 6.35. The molecule has 9 nitrogen and oxygen atoms in total. The Hall–Kier alpha value is -3.36. The van der Waals surface area contributed by atoms with Crippen LogP contribution in [0.3, 0.4) is 0 Å². The van der Waals surface area contributed by atoms with Crippen LogP contribution in [0.15, 0.2) is 24.4 Å². The highest BCUT2D eigenvalue weighted by molar-refractivity contribution is 6.02. The van der Waals surface area contributed by atoms with Gasteiger partial charge in [0, 0.05) is 35.9 Å². The number of rotatable bonds is 5. The molecule has 0 saturated heterocycles. The molecule has 0 bridgehead atoms. The lowest BCUT2D eigenvalue weighted by atomic mass is 9.77. The molecule has 2 N–H and O–H groups in total. The van der Waals surface area contributed by atoms with Crippen LogP contribution in [0.25, 0.3) is 0 Å². The van der Waals surface area contributed by atoms with E-state index in [1.54, 1.807) is 17.2 Å². The number of fused-ring (bicyclic) bond motifs is 4. The third kappa shape index (κ3) is 4.07. The Morgan fingerprint density at radius 1 is 1.33 bits per heavy atom. The Labute approximate surface area is 192 Å². The molecule has 33 heavy (non-hydrogen) atoms. The minimum absolute atomic E-state index is 0.143. The number of hydrogen-bond donors (Lipinski definition) is 1. The van der Waals surface area contributed by atoms with Crippen LogP contribution in [0, 0.1) is 0 Å². The van der Waals surface area contributed by atoms with Crippen LogP contribution < -0.4 is 10.5 Å². The second-order valence-electron chi connectivity index (χ2n) is 9.75. The van der Waals surface area contributed by atoms with Crippen LogP contribution in [0.5, 0.6) is 5.75 Å². The molecule has 3 aliphatic rings. The van der Waals surface area contributed by atoms with Crippen LogP contribution in [-0.4, -0.2) is 58.8 Å². The Morgan fingerprint density at radius 2 is 2.09 bits per heavy atom. The number of benzene rings is 1. The molecule has 3 amide bonds. The van der Waals surface area contributed by atoms with Crippen molar-refractivity contribution in [3.8, 4) is 5.75 Å². The van der Waals surface area contributed by atoms with Crippen LogP contribution in [0.2, 0.25) is 0 Å². The molecular weight excluding hydrogens is 426 g/mol. The van der Waals surface area contributed by atoms with Gasteiger partial charge in [0.25, 0.3) is 5.91 Å². The monoisotopic (exact) mass is 455 g/mol. The number of ether oxygens (including phenoxy) is 2. The molecule has 1 aromatic carbocycles. The first-order valence-electron chi connectivity index (χ1n) is 11.1. The number of primary amides is 1. The van der Waals surface area contributed by atoms with Crippen LogP contribution in [-0.2, 0) is 26.3 Å². The number of amides is 3. The largest absolute Gasteiger partial charge is 0.492 e. The van der Waals surface area contributed by atoms with Crippen LogP contribution in [0.4, 0.5) is 4.79 Å². The number of nitrogens with two attached hydrogens (primary N) is 1. The van der Waals surface area contributed by atoms with Gasteiger partial charge in [0.05, 0.1) is 12.0 Å². The molecule has 0 radical (unpaired) electrons. The maximum absolute atomic E-state index is 13.0. The maximum atomic E-state index is 13.0. The van der Waals surface area contributed by atoms with Gasteiger partial charge in [-0.05, 0) is 39.7 Å². The Balaban J connectivity index is 1.58. The third-order valence-electron chi connectivity index (χ3n) is 6.35. The summed E-state index contributed by atoms with van der Waals surface area (Å²) in [5.74, 6) is -0.274. The molecule has 9 heteroatoms. The molecule has 2 unspecified atom stereocenters. The number of nitrogens with zero attached hydrogens (tertiary/aromatic N) is 2. The molecule has 4 rings (SSSR count). The van der Waals surface area contributed by atoms with E-state index in [0.717, 1.165) is 11.1 Å². The lowest BCUT2D eigenvalue weighted by molar-refractivity contribution is -0.122. The van der Waals surface area contributed by atoms with Crippen molar-refractivity contribution in [1.29, 1.82) is 0 Å². The molecule has 0 fully saturated rings. The summed E-state index contributed by atoms with van der Waals surface area (Å²) in [7, 11) is 0. The molecule has 0 aliphatic carbocycles. The average Bonchev–Trinajstić information content (AvgIpc) is 3.26. The summed E-state index contributed by atoms with van der Waals surface area (Å²) in [5, 5.41) is 0. The van der Waals surface area contributed by atoms with Gasteiger partial charge < -0.3 is 24.9 Å². The van der Waals surface area contributed by atoms with Gasteiger partial charge in [-0.3, -0.25) is 14.5 Å². The summed E-state index contributed by atoms with van der Waals surface area (Å²) in [4.78, 5) is 51.1. The molecule has 2 atom stereocenters. The maximum Gasteiger partial charge on any atom is 0.414 e. The first-order chi connectivity index (χ1) is 15.6. The molecule has 176 valence electrons. The Bertz CT molecular complexity index is 1040. The summed E-state index contributed by atoms with van der Waals surface area (Å²) >= 11 is 0. The van der Waals surface area contributed by atoms with E-state index in [-0.39, 0.29) is 25.3 Å². The van der Waals surface area contributed by atoms with Crippen molar-refractivity contribution in [3.05, 3.63) is 41.1 Å². The zero-order chi connectivity index (χ0) is 24.0. The molecule has 1 aromatic rings. The number of carbonyl (C=O) groups excluding carboxylic acids is 4. The number of hydrogen-bond acceptors (Lipinski definition) is 6. The molecule has 0 saturated carbocycles. The SMILES string of the molecule is CC(C)(C)OC(=O)N1C=CC2(CC1)COc1c2ccc2c1CN(C(CCC=O)C(N)=O)C2=O. The first kappa shape index (κ1) is 22.8. The van der Waals surface area contributed by atoms with Crippen molar-refractivity contribution < 1.29 is 28.7 Å². The van der Waals surface area contributed by atoms with Gasteiger partial charge >= 0.3 is 6.09 Å². The second kappa shape index (κ2) is 8.20. The van der Waals surface area contributed by atoms with Crippen molar-refractivity contribution in [1.82, 2.24) is 9.80 Å². The minimum Gasteiger partial charge on any atom is -0.492 e. The highest BCUT2D eigenvalue weighted by atomic mass is 16.6. The van der Waals surface area contributed by atoms with E-state index in [1.165, 1.54) is 4.90 Å². The summed E-state index contributed by atoms with van der Waals surface area (Å²) < 4.78 is 11.5. The summed E-state index contributed by atoms with van der Waals surface area (Å²) in [6.07, 6.45) is 5.00. The van der Waals surface area contributed by atoms with Crippen LogP contribution in [0.1, 0.15) is 61.5 Å². The average molecular weight is 456 g/mol. The number of carbonyl (C=O) groups is 4. The van der Waals surface area contributed by atoms with Gasteiger partial charge in [-0.15, -0.1) is 0 Å². The van der Waals surface area contributed by atoms with Gasteiger partial charge in [0.1, 0.15) is 30.3 Å². The Kier molecular flexibility index (Phi) is 5.67. The van der Waals surface area contributed by atoms with E-state index in [4.69, 9.17) is 15.2 Å². The minimum atomic E-state index is -0.849. The fourth-order valence-corrected chi connectivity index (χ4v) is 4.67. The van der Waals surface area contributed by atoms with Crippen molar-refractivity contribution in [2.24, 2.45) is 5.73 Å². The fourth-order valence-electron chi connectivity index (χ4n) is 4.67.